The van der Waals surface area contributed by atoms with E-state index >= 15 is 0 Å². The minimum absolute atomic E-state index is 0.0322. The van der Waals surface area contributed by atoms with Crippen molar-refractivity contribution in [2.75, 3.05) is 13.1 Å². The summed E-state index contributed by atoms with van der Waals surface area (Å²) in [4.78, 5) is 18.4. The molecule has 0 saturated carbocycles. The number of rotatable bonds is 6. The molecule has 5 heteroatoms. The number of nitrogens with two attached hydrogens (primary N) is 1. The molecular weight excluding hydrogens is 270 g/mol. The molecule has 2 N–H and O–H groups in total. The third-order valence-corrected chi connectivity index (χ3v) is 4.04. The van der Waals surface area contributed by atoms with Gasteiger partial charge in [0, 0.05) is 31.1 Å². The molecule has 1 atom stereocenters. The number of carbonyl (C=O) groups is 1. The van der Waals surface area contributed by atoms with Crippen molar-refractivity contribution in [2.24, 2.45) is 5.73 Å². The van der Waals surface area contributed by atoms with E-state index in [1.54, 1.807) is 22.4 Å². The van der Waals surface area contributed by atoms with Crippen molar-refractivity contribution in [3.63, 3.8) is 0 Å². The number of carbonyl (C=O) groups excluding carboxylic acids is 1. The van der Waals surface area contributed by atoms with Gasteiger partial charge < -0.3 is 10.6 Å². The van der Waals surface area contributed by atoms with Crippen LogP contribution in [0.25, 0.3) is 0 Å². The van der Waals surface area contributed by atoms with Gasteiger partial charge in [-0.25, -0.2) is 4.98 Å². The first kappa shape index (κ1) is 14.7. The smallest absolute Gasteiger partial charge is 0.244 e. The quantitative estimate of drug-likeness (QED) is 0.887. The van der Waals surface area contributed by atoms with Crippen LogP contribution in [0.3, 0.4) is 0 Å². The molecule has 1 heterocycles. The lowest BCUT2D eigenvalue weighted by Crippen LogP contribution is -2.39. The summed E-state index contributed by atoms with van der Waals surface area (Å²) in [6, 6.07) is 8.89. The highest BCUT2D eigenvalue weighted by atomic mass is 32.1. The number of benzene rings is 1. The zero-order valence-corrected chi connectivity index (χ0v) is 12.3. The topological polar surface area (TPSA) is 59.2 Å². The van der Waals surface area contributed by atoms with E-state index in [0.717, 1.165) is 17.0 Å². The van der Waals surface area contributed by atoms with E-state index in [2.05, 4.69) is 4.98 Å². The largest absolute Gasteiger partial charge is 0.341 e. The Morgan fingerprint density at radius 1 is 1.40 bits per heavy atom. The number of amides is 1. The summed E-state index contributed by atoms with van der Waals surface area (Å²) in [7, 11) is 0. The lowest BCUT2D eigenvalue weighted by atomic mass is 10.1. The van der Waals surface area contributed by atoms with Crippen LogP contribution in [0.5, 0.6) is 0 Å². The predicted molar refractivity (Wildman–Crippen MR) is 81.4 cm³/mol. The molecule has 0 bridgehead atoms. The number of thiazole rings is 1. The highest BCUT2D eigenvalue weighted by Gasteiger charge is 2.21. The summed E-state index contributed by atoms with van der Waals surface area (Å²) >= 11 is 1.61. The van der Waals surface area contributed by atoms with E-state index < -0.39 is 6.04 Å². The van der Waals surface area contributed by atoms with Gasteiger partial charge in [-0.3, -0.25) is 4.79 Å². The summed E-state index contributed by atoms with van der Waals surface area (Å²) in [6.45, 7) is 3.28. The molecule has 2 rings (SSSR count). The van der Waals surface area contributed by atoms with E-state index in [1.807, 2.05) is 42.6 Å². The third kappa shape index (κ3) is 3.65. The molecule has 0 unspecified atom stereocenters. The maximum absolute atomic E-state index is 12.4. The maximum atomic E-state index is 12.4. The number of aromatic nitrogens is 1. The van der Waals surface area contributed by atoms with Crippen molar-refractivity contribution < 1.29 is 4.79 Å². The molecule has 0 radical (unpaired) electrons. The van der Waals surface area contributed by atoms with Gasteiger partial charge in [-0.15, -0.1) is 11.3 Å². The summed E-state index contributed by atoms with van der Waals surface area (Å²) in [6.07, 6.45) is 2.56. The van der Waals surface area contributed by atoms with Crippen molar-refractivity contribution in [1.29, 1.82) is 0 Å². The predicted octanol–water partition coefficient (Wildman–Crippen LogP) is 2.23. The first-order chi connectivity index (χ1) is 9.72. The van der Waals surface area contributed by atoms with Crippen molar-refractivity contribution in [3.05, 3.63) is 52.5 Å². The van der Waals surface area contributed by atoms with E-state index in [0.29, 0.717) is 13.1 Å². The van der Waals surface area contributed by atoms with Crippen molar-refractivity contribution in [3.8, 4) is 0 Å². The summed E-state index contributed by atoms with van der Waals surface area (Å²) < 4.78 is 0. The molecule has 0 fully saturated rings. The second-order valence-corrected chi connectivity index (χ2v) is 5.46. The SMILES string of the molecule is CCN(CCc1nccs1)C(=O)[C@H](N)c1ccccc1. The second kappa shape index (κ2) is 7.17. The molecule has 2 aromatic rings. The third-order valence-electron chi connectivity index (χ3n) is 3.20. The van der Waals surface area contributed by atoms with E-state index in [-0.39, 0.29) is 5.91 Å². The van der Waals surface area contributed by atoms with Crippen LogP contribution in [0.1, 0.15) is 23.5 Å². The Hall–Kier alpha value is -1.72. The van der Waals surface area contributed by atoms with Gasteiger partial charge in [0.1, 0.15) is 6.04 Å². The molecule has 1 aromatic carbocycles. The number of nitrogens with zero attached hydrogens (tertiary/aromatic N) is 2. The molecule has 0 aliphatic carbocycles. The average Bonchev–Trinajstić information content (AvgIpc) is 3.01. The fourth-order valence-corrected chi connectivity index (χ4v) is 2.64. The minimum Gasteiger partial charge on any atom is -0.341 e. The van der Waals surface area contributed by atoms with Crippen LogP contribution in [0, 0.1) is 0 Å². The van der Waals surface area contributed by atoms with Crippen LogP contribution >= 0.6 is 11.3 Å². The Bertz CT molecular complexity index is 527. The summed E-state index contributed by atoms with van der Waals surface area (Å²) in [5.41, 5.74) is 6.91. The van der Waals surface area contributed by atoms with Crippen molar-refractivity contribution in [1.82, 2.24) is 9.88 Å². The molecule has 0 spiro atoms. The second-order valence-electron chi connectivity index (χ2n) is 4.48. The molecule has 1 aromatic heterocycles. The number of hydrogen-bond donors (Lipinski definition) is 1. The van der Waals surface area contributed by atoms with Crippen LogP contribution in [-0.2, 0) is 11.2 Å². The number of hydrogen-bond acceptors (Lipinski definition) is 4. The zero-order valence-electron chi connectivity index (χ0n) is 11.5. The van der Waals surface area contributed by atoms with E-state index in [1.165, 1.54) is 0 Å². The van der Waals surface area contributed by atoms with Gasteiger partial charge >= 0.3 is 0 Å². The molecule has 106 valence electrons. The summed E-state index contributed by atoms with van der Waals surface area (Å²) in [5.74, 6) is -0.0322. The fourth-order valence-electron chi connectivity index (χ4n) is 2.03. The Morgan fingerprint density at radius 3 is 2.75 bits per heavy atom. The molecular formula is C15H19N3OS. The van der Waals surface area contributed by atoms with Crippen molar-refractivity contribution >= 4 is 17.2 Å². The lowest BCUT2D eigenvalue weighted by Gasteiger charge is -2.24. The van der Waals surface area contributed by atoms with Gasteiger partial charge in [-0.2, -0.15) is 0 Å². The monoisotopic (exact) mass is 289 g/mol. The highest BCUT2D eigenvalue weighted by molar-refractivity contribution is 7.09. The standard InChI is InChI=1S/C15H19N3OS/c1-2-18(10-8-13-17-9-11-20-13)15(19)14(16)12-6-4-3-5-7-12/h3-7,9,11,14H,2,8,10,16H2,1H3/t14-/m1/s1. The van der Waals surface area contributed by atoms with Gasteiger partial charge in [0.15, 0.2) is 0 Å². The minimum atomic E-state index is -0.590. The van der Waals surface area contributed by atoms with Crippen LogP contribution in [-0.4, -0.2) is 28.9 Å². The molecule has 0 saturated heterocycles. The highest BCUT2D eigenvalue weighted by Crippen LogP contribution is 2.14. The molecule has 1 amide bonds. The molecule has 0 aliphatic heterocycles. The molecule has 0 aliphatic rings. The number of likely N-dealkylation sites (N-methyl/N-ethyl adjacent to an activating group) is 1. The lowest BCUT2D eigenvalue weighted by molar-refractivity contribution is -0.132. The van der Waals surface area contributed by atoms with Crippen molar-refractivity contribution in [2.45, 2.75) is 19.4 Å². The Kier molecular flexibility index (Phi) is 5.26. The van der Waals surface area contributed by atoms with Gasteiger partial charge in [-0.1, -0.05) is 30.3 Å². The fraction of sp³-hybridized carbons (Fsp3) is 0.333. The Balaban J connectivity index is 1.98. The van der Waals surface area contributed by atoms with E-state index in [4.69, 9.17) is 5.73 Å². The van der Waals surface area contributed by atoms with Crippen LogP contribution in [0.2, 0.25) is 0 Å². The first-order valence-corrected chi connectivity index (χ1v) is 7.58. The Morgan fingerprint density at radius 2 is 2.15 bits per heavy atom. The van der Waals surface area contributed by atoms with E-state index in [9.17, 15) is 4.79 Å². The molecule has 20 heavy (non-hydrogen) atoms. The van der Waals surface area contributed by atoms with Crippen LogP contribution in [0.15, 0.2) is 41.9 Å². The van der Waals surface area contributed by atoms with Gasteiger partial charge in [-0.05, 0) is 12.5 Å². The van der Waals surface area contributed by atoms with Gasteiger partial charge in [0.05, 0.1) is 5.01 Å². The van der Waals surface area contributed by atoms with Crippen LogP contribution in [0.4, 0.5) is 0 Å². The zero-order chi connectivity index (χ0) is 14.4. The molecule has 4 nitrogen and oxygen atoms in total. The first-order valence-electron chi connectivity index (χ1n) is 6.70. The van der Waals surface area contributed by atoms with Gasteiger partial charge in [0.25, 0.3) is 0 Å². The van der Waals surface area contributed by atoms with Crippen LogP contribution < -0.4 is 5.73 Å². The summed E-state index contributed by atoms with van der Waals surface area (Å²) in [5, 5.41) is 2.99. The normalized spacial score (nSPS) is 12.1. The Labute approximate surface area is 123 Å². The van der Waals surface area contributed by atoms with Gasteiger partial charge in [0.2, 0.25) is 5.91 Å². The maximum Gasteiger partial charge on any atom is 0.244 e. The average molecular weight is 289 g/mol.